The summed E-state index contributed by atoms with van der Waals surface area (Å²) in [5.41, 5.74) is 5.33. The summed E-state index contributed by atoms with van der Waals surface area (Å²) < 4.78 is 76.5. The molecule has 0 saturated carbocycles. The highest BCUT2D eigenvalue weighted by Gasteiger charge is 2.30. The fourth-order valence-electron chi connectivity index (χ4n) is 3.14. The maximum absolute atomic E-state index is 12.7. The summed E-state index contributed by atoms with van der Waals surface area (Å²) in [6, 6.07) is 19.5. The molecule has 1 heterocycles. The summed E-state index contributed by atoms with van der Waals surface area (Å²) in [5.74, 6) is 0.612. The van der Waals surface area contributed by atoms with E-state index in [9.17, 15) is 26.3 Å². The molecule has 3 aromatic carbocycles. The van der Waals surface area contributed by atoms with Crippen molar-refractivity contribution in [2.45, 2.75) is 12.4 Å². The molecule has 0 unspecified atom stereocenters. The SMILES string of the molecule is FC(F)(F)c1ccc(C=NNc2cc(Nc3ccccc3)nc(NN=Cc3ccc(C(F)(F)F)cc3)n2)cc1. The van der Waals surface area contributed by atoms with Crippen LogP contribution in [0, 0.1) is 0 Å². The third-order valence-electron chi connectivity index (χ3n) is 5.02. The topological polar surface area (TPSA) is 86.6 Å². The number of aromatic nitrogens is 2. The first-order valence-electron chi connectivity index (χ1n) is 11.2. The number of hydrazone groups is 2. The summed E-state index contributed by atoms with van der Waals surface area (Å²) in [7, 11) is 0. The lowest BCUT2D eigenvalue weighted by atomic mass is 10.1. The fraction of sp³-hybridized carbons (Fsp3) is 0.0769. The molecule has 0 atom stereocenters. The van der Waals surface area contributed by atoms with Gasteiger partial charge in [-0.1, -0.05) is 42.5 Å². The monoisotopic (exact) mass is 543 g/mol. The van der Waals surface area contributed by atoms with E-state index in [2.05, 4.69) is 36.3 Å². The normalized spacial score (nSPS) is 12.2. The Labute approximate surface area is 218 Å². The Morgan fingerprint density at radius 3 is 1.59 bits per heavy atom. The van der Waals surface area contributed by atoms with E-state index < -0.39 is 23.5 Å². The van der Waals surface area contributed by atoms with Crippen molar-refractivity contribution in [1.82, 2.24) is 9.97 Å². The van der Waals surface area contributed by atoms with Crippen molar-refractivity contribution < 1.29 is 26.3 Å². The van der Waals surface area contributed by atoms with Crippen LogP contribution in [-0.2, 0) is 12.4 Å². The second kappa shape index (κ2) is 11.6. The van der Waals surface area contributed by atoms with E-state index in [1.807, 2.05) is 30.3 Å². The van der Waals surface area contributed by atoms with Crippen molar-refractivity contribution in [3.63, 3.8) is 0 Å². The number of nitrogens with zero attached hydrogens (tertiary/aromatic N) is 4. The van der Waals surface area contributed by atoms with Crippen LogP contribution in [0.3, 0.4) is 0 Å². The van der Waals surface area contributed by atoms with Gasteiger partial charge in [-0.15, -0.1) is 0 Å². The molecule has 0 fully saturated rings. The predicted molar refractivity (Wildman–Crippen MR) is 137 cm³/mol. The molecule has 0 aliphatic carbocycles. The first-order chi connectivity index (χ1) is 18.6. The van der Waals surface area contributed by atoms with Gasteiger partial charge in [0.05, 0.1) is 23.6 Å². The Bertz CT molecular complexity index is 1350. The quantitative estimate of drug-likeness (QED) is 0.125. The van der Waals surface area contributed by atoms with Gasteiger partial charge in [0, 0.05) is 11.8 Å². The van der Waals surface area contributed by atoms with Crippen molar-refractivity contribution >= 4 is 35.7 Å². The van der Waals surface area contributed by atoms with Gasteiger partial charge in [0.25, 0.3) is 0 Å². The zero-order chi connectivity index (χ0) is 27.9. The number of hydrogen-bond acceptors (Lipinski definition) is 7. The Kier molecular flexibility index (Phi) is 8.08. The van der Waals surface area contributed by atoms with Crippen LogP contribution in [0.15, 0.2) is 95.1 Å². The zero-order valence-corrected chi connectivity index (χ0v) is 19.8. The van der Waals surface area contributed by atoms with Gasteiger partial charge in [0.1, 0.15) is 5.82 Å². The molecule has 7 nitrogen and oxygen atoms in total. The van der Waals surface area contributed by atoms with Gasteiger partial charge < -0.3 is 5.32 Å². The molecule has 0 spiro atoms. The Morgan fingerprint density at radius 1 is 0.590 bits per heavy atom. The highest BCUT2D eigenvalue weighted by atomic mass is 19.4. The molecule has 0 amide bonds. The number of halogens is 6. The molecular weight excluding hydrogens is 524 g/mol. The molecule has 1 aromatic heterocycles. The van der Waals surface area contributed by atoms with Crippen molar-refractivity contribution in [1.29, 1.82) is 0 Å². The average Bonchev–Trinajstić information content (AvgIpc) is 2.89. The molecule has 0 saturated heterocycles. The van der Waals surface area contributed by atoms with Crippen molar-refractivity contribution in [3.05, 3.63) is 107 Å². The van der Waals surface area contributed by atoms with Crippen LogP contribution in [0.1, 0.15) is 22.3 Å². The lowest BCUT2D eigenvalue weighted by Gasteiger charge is -2.09. The molecule has 4 rings (SSSR count). The lowest BCUT2D eigenvalue weighted by Crippen LogP contribution is -2.05. The van der Waals surface area contributed by atoms with E-state index in [-0.39, 0.29) is 11.8 Å². The lowest BCUT2D eigenvalue weighted by molar-refractivity contribution is -0.138. The summed E-state index contributed by atoms with van der Waals surface area (Å²) >= 11 is 0. The third kappa shape index (κ3) is 8.02. The number of alkyl halides is 6. The van der Waals surface area contributed by atoms with Crippen LogP contribution >= 0.6 is 0 Å². The summed E-state index contributed by atoms with van der Waals surface area (Å²) in [6.07, 6.45) is -6.25. The molecule has 3 N–H and O–H groups in total. The molecular formula is C26H19F6N7. The van der Waals surface area contributed by atoms with Crippen LogP contribution in [0.2, 0.25) is 0 Å². The molecule has 13 heteroatoms. The first-order valence-corrected chi connectivity index (χ1v) is 11.2. The molecule has 0 aliphatic rings. The Balaban J connectivity index is 1.49. The molecule has 0 bridgehead atoms. The van der Waals surface area contributed by atoms with Crippen LogP contribution in [-0.4, -0.2) is 22.4 Å². The fourth-order valence-corrected chi connectivity index (χ4v) is 3.14. The first kappa shape index (κ1) is 27.1. The number of rotatable bonds is 8. The van der Waals surface area contributed by atoms with Crippen LogP contribution < -0.4 is 16.2 Å². The van der Waals surface area contributed by atoms with Gasteiger partial charge in [-0.3, -0.25) is 5.43 Å². The molecule has 0 radical (unpaired) electrons. The van der Waals surface area contributed by atoms with Crippen LogP contribution in [0.4, 0.5) is 49.6 Å². The molecule has 4 aromatic rings. The Morgan fingerprint density at radius 2 is 1.08 bits per heavy atom. The zero-order valence-electron chi connectivity index (χ0n) is 19.8. The molecule has 0 aliphatic heterocycles. The maximum atomic E-state index is 12.7. The standard InChI is InChI=1S/C26H19F6N7/c27-25(28,29)19-10-6-17(7-11-19)15-33-38-23-14-22(35-21-4-2-1-3-5-21)36-24(37-23)39-34-16-18-8-12-20(13-9-18)26(30,31)32/h1-16H,(H3,35,36,37,38,39). The minimum Gasteiger partial charge on any atom is -0.340 e. The van der Waals surface area contributed by atoms with Crippen molar-refractivity contribution in [2.24, 2.45) is 10.2 Å². The van der Waals surface area contributed by atoms with E-state index in [1.165, 1.54) is 36.7 Å². The Hall–Kier alpha value is -4.94. The highest BCUT2D eigenvalue weighted by Crippen LogP contribution is 2.30. The van der Waals surface area contributed by atoms with E-state index in [0.29, 0.717) is 16.9 Å². The summed E-state index contributed by atoms with van der Waals surface area (Å²) in [5, 5.41) is 11.1. The minimum atomic E-state index is -4.44. The predicted octanol–water partition coefficient (Wildman–Crippen LogP) is 7.15. The summed E-state index contributed by atoms with van der Waals surface area (Å²) in [4.78, 5) is 8.54. The van der Waals surface area contributed by atoms with E-state index in [4.69, 9.17) is 0 Å². The minimum absolute atomic E-state index is 0.0336. The van der Waals surface area contributed by atoms with Gasteiger partial charge in [-0.25, -0.2) is 5.43 Å². The number of hydrogen-bond donors (Lipinski definition) is 3. The largest absolute Gasteiger partial charge is 0.416 e. The van der Waals surface area contributed by atoms with Gasteiger partial charge in [-0.05, 0) is 47.5 Å². The highest BCUT2D eigenvalue weighted by molar-refractivity contribution is 5.81. The smallest absolute Gasteiger partial charge is 0.340 e. The number of para-hydroxylation sites is 1. The van der Waals surface area contributed by atoms with Crippen LogP contribution in [0.5, 0.6) is 0 Å². The number of nitrogens with one attached hydrogen (secondary N) is 3. The van der Waals surface area contributed by atoms with Gasteiger partial charge in [-0.2, -0.15) is 46.5 Å². The van der Waals surface area contributed by atoms with E-state index in [1.54, 1.807) is 6.07 Å². The van der Waals surface area contributed by atoms with Crippen LogP contribution in [0.25, 0.3) is 0 Å². The summed E-state index contributed by atoms with van der Waals surface area (Å²) in [6.45, 7) is 0. The average molecular weight is 543 g/mol. The number of benzene rings is 3. The molecule has 39 heavy (non-hydrogen) atoms. The number of anilines is 4. The maximum Gasteiger partial charge on any atom is 0.416 e. The van der Waals surface area contributed by atoms with Crippen molar-refractivity contribution in [2.75, 3.05) is 16.2 Å². The van der Waals surface area contributed by atoms with E-state index in [0.717, 1.165) is 30.0 Å². The van der Waals surface area contributed by atoms with Gasteiger partial charge in [0.2, 0.25) is 5.95 Å². The third-order valence-corrected chi connectivity index (χ3v) is 5.02. The van der Waals surface area contributed by atoms with Crippen molar-refractivity contribution in [3.8, 4) is 0 Å². The van der Waals surface area contributed by atoms with Gasteiger partial charge >= 0.3 is 12.4 Å². The molecule has 200 valence electrons. The van der Waals surface area contributed by atoms with E-state index >= 15 is 0 Å². The second-order valence-corrected chi connectivity index (χ2v) is 7.93. The van der Waals surface area contributed by atoms with Gasteiger partial charge in [0.15, 0.2) is 5.82 Å². The second-order valence-electron chi connectivity index (χ2n) is 7.93.